The second kappa shape index (κ2) is 5.39. The molecule has 0 aliphatic rings. The SMILES string of the molecule is Bc1c(B)c(O)c2c(oc3cccc(OS(=O)(=O)C(F)(F)F)c32)c1B. The summed E-state index contributed by atoms with van der Waals surface area (Å²) in [5.41, 5.74) is -3.25. The van der Waals surface area contributed by atoms with Crippen LogP contribution in [0.3, 0.4) is 0 Å². The van der Waals surface area contributed by atoms with Crippen molar-refractivity contribution in [1.82, 2.24) is 0 Å². The van der Waals surface area contributed by atoms with E-state index < -0.39 is 21.4 Å². The van der Waals surface area contributed by atoms with Crippen molar-refractivity contribution in [3.63, 3.8) is 0 Å². The van der Waals surface area contributed by atoms with Crippen LogP contribution in [0.15, 0.2) is 22.6 Å². The Kier molecular flexibility index (Phi) is 3.79. The minimum atomic E-state index is -5.85. The number of aromatic hydroxyl groups is 1. The maximum Gasteiger partial charge on any atom is 0.534 e. The molecule has 3 aromatic rings. The van der Waals surface area contributed by atoms with Crippen LogP contribution < -0.4 is 20.6 Å². The van der Waals surface area contributed by atoms with E-state index in [-0.39, 0.29) is 27.7 Å². The lowest BCUT2D eigenvalue weighted by Gasteiger charge is -2.11. The molecule has 0 aliphatic carbocycles. The lowest BCUT2D eigenvalue weighted by molar-refractivity contribution is -0.0499. The van der Waals surface area contributed by atoms with E-state index in [9.17, 15) is 26.7 Å². The second-order valence-corrected chi connectivity index (χ2v) is 7.18. The molecule has 0 aliphatic heterocycles. The second-order valence-electron chi connectivity index (χ2n) is 5.64. The maximum absolute atomic E-state index is 12.6. The number of hydrogen-bond donors (Lipinski definition) is 1. The number of fused-ring (bicyclic) bond motifs is 3. The van der Waals surface area contributed by atoms with E-state index in [4.69, 9.17) is 4.42 Å². The Morgan fingerprint density at radius 1 is 1.04 bits per heavy atom. The van der Waals surface area contributed by atoms with Crippen LogP contribution in [-0.2, 0) is 10.1 Å². The first kappa shape index (κ1) is 17.6. The molecule has 0 atom stereocenters. The maximum atomic E-state index is 12.6. The molecule has 2 aromatic carbocycles. The number of halogens is 3. The summed E-state index contributed by atoms with van der Waals surface area (Å²) < 4.78 is 70.5. The van der Waals surface area contributed by atoms with Gasteiger partial charge >= 0.3 is 15.6 Å². The zero-order valence-electron chi connectivity index (χ0n) is 13.4. The van der Waals surface area contributed by atoms with Gasteiger partial charge in [0.15, 0.2) is 5.75 Å². The summed E-state index contributed by atoms with van der Waals surface area (Å²) in [5.74, 6) is -0.760. The summed E-state index contributed by atoms with van der Waals surface area (Å²) in [5, 5.41) is 10.5. The van der Waals surface area contributed by atoms with Crippen molar-refractivity contribution in [3.8, 4) is 11.5 Å². The highest BCUT2D eigenvalue weighted by Crippen LogP contribution is 2.39. The lowest BCUT2D eigenvalue weighted by atomic mass is 9.71. The predicted octanol–water partition coefficient (Wildman–Crippen LogP) is -1.70. The van der Waals surface area contributed by atoms with Crippen LogP contribution in [0.4, 0.5) is 13.2 Å². The van der Waals surface area contributed by atoms with Gasteiger partial charge in [0.25, 0.3) is 0 Å². The van der Waals surface area contributed by atoms with Gasteiger partial charge in [-0.2, -0.15) is 21.6 Å². The van der Waals surface area contributed by atoms with Gasteiger partial charge < -0.3 is 13.7 Å². The Balaban J connectivity index is 2.40. The number of phenolic OH excluding ortho intramolecular Hbond substituents is 1. The highest BCUT2D eigenvalue weighted by Gasteiger charge is 2.48. The monoisotopic (exact) mass is 368 g/mol. The summed E-state index contributed by atoms with van der Waals surface area (Å²) in [4.78, 5) is 0. The Bertz CT molecular complexity index is 1120. The normalized spacial score (nSPS) is 12.8. The van der Waals surface area contributed by atoms with Crippen LogP contribution in [0.2, 0.25) is 0 Å². The highest BCUT2D eigenvalue weighted by molar-refractivity contribution is 7.88. The van der Waals surface area contributed by atoms with Crippen LogP contribution >= 0.6 is 0 Å². The fraction of sp³-hybridized carbons (Fsp3) is 0.0769. The third-order valence-corrected chi connectivity index (χ3v) is 5.18. The molecule has 1 N–H and O–H groups in total. The molecule has 0 unspecified atom stereocenters. The first-order valence-electron chi connectivity index (χ1n) is 7.10. The van der Waals surface area contributed by atoms with Crippen molar-refractivity contribution in [2.45, 2.75) is 5.51 Å². The lowest BCUT2D eigenvalue weighted by Crippen LogP contribution is -2.39. The number of alkyl halides is 3. The fourth-order valence-corrected chi connectivity index (χ4v) is 3.13. The van der Waals surface area contributed by atoms with Gasteiger partial charge in [-0.15, -0.1) is 0 Å². The average Bonchev–Trinajstić information content (AvgIpc) is 2.90. The smallest absolute Gasteiger partial charge is 0.508 e. The highest BCUT2D eigenvalue weighted by atomic mass is 32.2. The molecule has 0 spiro atoms. The van der Waals surface area contributed by atoms with Crippen molar-refractivity contribution >= 4 is 72.0 Å². The van der Waals surface area contributed by atoms with Crippen LogP contribution in [0.5, 0.6) is 11.5 Å². The van der Waals surface area contributed by atoms with Gasteiger partial charge in [0, 0.05) is 0 Å². The van der Waals surface area contributed by atoms with E-state index in [0.717, 1.165) is 11.5 Å². The van der Waals surface area contributed by atoms with Crippen molar-refractivity contribution < 1.29 is 35.3 Å². The number of benzene rings is 2. The molecule has 128 valence electrons. The molecule has 0 radical (unpaired) electrons. The summed E-state index contributed by atoms with van der Waals surface area (Å²) in [6.45, 7) is 0. The number of phenols is 1. The third kappa shape index (κ3) is 2.55. The standard InChI is InChI=1S/C13H10B3F3O5S/c14-8-9(15)11(20)7-6-4(23-12(7)10(8)16)2-1-3-5(6)24-25(21,22)13(17,18)19/h1-3,20H,14-16H2. The van der Waals surface area contributed by atoms with E-state index in [1.165, 1.54) is 12.1 Å². The molecule has 0 saturated heterocycles. The minimum absolute atomic E-state index is 0.0333. The Labute approximate surface area is 143 Å². The minimum Gasteiger partial charge on any atom is -0.508 e. The average molecular weight is 368 g/mol. The van der Waals surface area contributed by atoms with Crippen LogP contribution in [0.1, 0.15) is 0 Å². The van der Waals surface area contributed by atoms with Crippen LogP contribution in [0, 0.1) is 0 Å². The summed E-state index contributed by atoms with van der Waals surface area (Å²) in [7, 11) is -0.707. The van der Waals surface area contributed by atoms with E-state index >= 15 is 0 Å². The van der Waals surface area contributed by atoms with Gasteiger partial charge in [-0.3, -0.25) is 0 Å². The molecule has 1 heterocycles. The molecular weight excluding hydrogens is 358 g/mol. The number of furan rings is 1. The first-order valence-corrected chi connectivity index (χ1v) is 8.51. The fourth-order valence-electron chi connectivity index (χ4n) is 2.66. The zero-order valence-corrected chi connectivity index (χ0v) is 14.2. The first-order chi connectivity index (χ1) is 11.5. The molecule has 0 fully saturated rings. The van der Waals surface area contributed by atoms with Gasteiger partial charge in [0.05, 0.1) is 10.8 Å². The third-order valence-electron chi connectivity index (χ3n) is 4.22. The van der Waals surface area contributed by atoms with Gasteiger partial charge in [-0.1, -0.05) is 22.5 Å². The topological polar surface area (TPSA) is 76.7 Å². The van der Waals surface area contributed by atoms with Gasteiger partial charge in [-0.05, 0) is 12.1 Å². The molecule has 5 nitrogen and oxygen atoms in total. The zero-order chi connectivity index (χ0) is 18.7. The Morgan fingerprint density at radius 3 is 2.28 bits per heavy atom. The molecule has 0 bridgehead atoms. The van der Waals surface area contributed by atoms with Crippen molar-refractivity contribution in [2.75, 3.05) is 0 Å². The largest absolute Gasteiger partial charge is 0.534 e. The summed E-state index contributed by atoms with van der Waals surface area (Å²) >= 11 is 0. The number of hydrogen-bond acceptors (Lipinski definition) is 5. The van der Waals surface area contributed by atoms with Crippen molar-refractivity contribution in [1.29, 1.82) is 0 Å². The van der Waals surface area contributed by atoms with E-state index in [1.807, 2.05) is 0 Å². The Hall–Kier alpha value is -2.23. The summed E-state index contributed by atoms with van der Waals surface area (Å²) in [6.07, 6.45) is 0. The molecule has 25 heavy (non-hydrogen) atoms. The molecule has 0 saturated carbocycles. The van der Waals surface area contributed by atoms with Gasteiger partial charge in [-0.25, -0.2) is 0 Å². The van der Waals surface area contributed by atoms with Gasteiger partial charge in [0.1, 0.15) is 40.5 Å². The quantitative estimate of drug-likeness (QED) is 0.332. The Morgan fingerprint density at radius 2 is 1.68 bits per heavy atom. The molecule has 0 amide bonds. The summed E-state index contributed by atoms with van der Waals surface area (Å²) in [6, 6.07) is 3.83. The van der Waals surface area contributed by atoms with E-state index in [1.54, 1.807) is 23.5 Å². The molecular formula is C13H10B3F3O5S. The van der Waals surface area contributed by atoms with Crippen molar-refractivity contribution in [2.24, 2.45) is 0 Å². The van der Waals surface area contributed by atoms with Crippen LogP contribution in [0.25, 0.3) is 21.9 Å². The molecule has 3 rings (SSSR count). The molecule has 1 aromatic heterocycles. The van der Waals surface area contributed by atoms with Crippen LogP contribution in [-0.4, -0.2) is 42.6 Å². The number of rotatable bonds is 2. The molecule has 12 heteroatoms. The van der Waals surface area contributed by atoms with E-state index in [0.29, 0.717) is 10.9 Å². The predicted molar refractivity (Wildman–Crippen MR) is 95.5 cm³/mol. The van der Waals surface area contributed by atoms with Gasteiger partial charge in [0.2, 0.25) is 0 Å². The van der Waals surface area contributed by atoms with E-state index in [2.05, 4.69) is 4.18 Å². The van der Waals surface area contributed by atoms with Crippen molar-refractivity contribution in [3.05, 3.63) is 18.2 Å².